The topological polar surface area (TPSA) is 86.7 Å². The molecule has 3 aromatic heterocycles. The van der Waals surface area contributed by atoms with Crippen molar-refractivity contribution in [3.63, 3.8) is 0 Å². The van der Waals surface area contributed by atoms with Crippen LogP contribution in [0.25, 0.3) is 16.7 Å². The van der Waals surface area contributed by atoms with Crippen molar-refractivity contribution in [3.05, 3.63) is 71.1 Å². The summed E-state index contributed by atoms with van der Waals surface area (Å²) in [5.41, 5.74) is 2.93. The van der Waals surface area contributed by atoms with Crippen LogP contribution in [0.2, 0.25) is 5.02 Å². The lowest BCUT2D eigenvalue weighted by molar-refractivity contribution is 0.103. The van der Waals surface area contributed by atoms with Crippen molar-refractivity contribution in [1.82, 2.24) is 19.9 Å². The van der Waals surface area contributed by atoms with Gasteiger partial charge in [-0.2, -0.15) is 0 Å². The Hall–Kier alpha value is -3.52. The van der Waals surface area contributed by atoms with Crippen LogP contribution in [-0.2, 0) is 4.84 Å². The molecule has 0 fully saturated rings. The second-order valence-electron chi connectivity index (χ2n) is 6.89. The summed E-state index contributed by atoms with van der Waals surface area (Å²) in [6.45, 7) is 2.25. The van der Waals surface area contributed by atoms with E-state index < -0.39 is 0 Å². The second-order valence-corrected chi connectivity index (χ2v) is 7.29. The zero-order valence-corrected chi connectivity index (χ0v) is 17.1. The maximum Gasteiger partial charge on any atom is 0.238 e. The third-order valence-corrected chi connectivity index (χ3v) is 5.13. The molecular formula is C21H18ClN5O3. The molecule has 0 amide bonds. The van der Waals surface area contributed by atoms with Gasteiger partial charge in [0.25, 0.3) is 0 Å². The molecule has 0 saturated carbocycles. The Morgan fingerprint density at radius 2 is 2.17 bits per heavy atom. The fourth-order valence-corrected chi connectivity index (χ4v) is 3.59. The molecule has 0 spiro atoms. The van der Waals surface area contributed by atoms with Gasteiger partial charge in [-0.3, -0.25) is 0 Å². The summed E-state index contributed by atoms with van der Waals surface area (Å²) in [5, 5.41) is 8.97. The van der Waals surface area contributed by atoms with E-state index in [0.29, 0.717) is 40.4 Å². The van der Waals surface area contributed by atoms with Crippen molar-refractivity contribution in [2.75, 3.05) is 13.7 Å². The summed E-state index contributed by atoms with van der Waals surface area (Å²) in [5.74, 6) is 1.65. The highest BCUT2D eigenvalue weighted by Crippen LogP contribution is 2.30. The van der Waals surface area contributed by atoms with E-state index in [2.05, 4.69) is 20.4 Å². The van der Waals surface area contributed by atoms with Crippen molar-refractivity contribution in [3.8, 4) is 11.6 Å². The average molecular weight is 424 g/mol. The Labute approximate surface area is 177 Å². The molecule has 30 heavy (non-hydrogen) atoms. The Morgan fingerprint density at radius 3 is 2.93 bits per heavy atom. The number of aryl methyl sites for hydroxylation is 1. The van der Waals surface area contributed by atoms with Crippen molar-refractivity contribution < 1.29 is 14.0 Å². The molecule has 1 aliphatic heterocycles. The zero-order valence-electron chi connectivity index (χ0n) is 16.3. The third-order valence-electron chi connectivity index (χ3n) is 4.83. The molecule has 0 bridgehead atoms. The summed E-state index contributed by atoms with van der Waals surface area (Å²) in [7, 11) is 1.58. The number of benzene rings is 1. The fourth-order valence-electron chi connectivity index (χ4n) is 3.37. The third kappa shape index (κ3) is 3.25. The lowest BCUT2D eigenvalue weighted by Gasteiger charge is -2.22. The van der Waals surface area contributed by atoms with Gasteiger partial charge in [-0.1, -0.05) is 28.9 Å². The van der Waals surface area contributed by atoms with E-state index in [1.165, 1.54) is 0 Å². The van der Waals surface area contributed by atoms with Crippen molar-refractivity contribution in [2.24, 2.45) is 5.16 Å². The van der Waals surface area contributed by atoms with Gasteiger partial charge in [-0.15, -0.1) is 0 Å². The minimum absolute atomic E-state index is 0.232. The molecule has 1 aliphatic rings. The number of para-hydroxylation sites is 1. The number of aromatic nitrogens is 3. The van der Waals surface area contributed by atoms with E-state index in [4.69, 9.17) is 25.6 Å². The molecule has 0 aliphatic carbocycles. The predicted octanol–water partition coefficient (Wildman–Crippen LogP) is 4.01. The highest BCUT2D eigenvalue weighted by molar-refractivity contribution is 6.34. The monoisotopic (exact) mass is 423 g/mol. The number of halogens is 1. The molecule has 0 radical (unpaired) electrons. The number of methoxy groups -OCH3 is 1. The summed E-state index contributed by atoms with van der Waals surface area (Å²) in [6.07, 6.45) is 3.62. The van der Waals surface area contributed by atoms with Crippen molar-refractivity contribution in [2.45, 2.75) is 13.0 Å². The molecule has 1 aromatic carbocycles. The largest absolute Gasteiger partial charge is 0.479 e. The molecule has 4 heterocycles. The molecule has 1 N–H and O–H groups in total. The number of hydrogen-bond acceptors (Lipinski definition) is 7. The van der Waals surface area contributed by atoms with Crippen LogP contribution >= 0.6 is 11.6 Å². The standard InChI is InChI=1S/C21H18ClN5O3/c1-12-9-27(11-23-12)17-7-6-15(25-21(17)28-2)20-24-16(10-29-26-20)18-8-13-4-3-5-14(22)19(13)30-18/h3-9,11,16H,10H2,1-2H3,(H,24,26). The van der Waals surface area contributed by atoms with E-state index in [-0.39, 0.29) is 6.04 Å². The Morgan fingerprint density at radius 1 is 1.27 bits per heavy atom. The summed E-state index contributed by atoms with van der Waals surface area (Å²) in [6, 6.07) is 11.1. The van der Waals surface area contributed by atoms with Gasteiger partial charge in [0.2, 0.25) is 5.88 Å². The number of furan rings is 1. The fraction of sp³-hybridized carbons (Fsp3) is 0.190. The van der Waals surface area contributed by atoms with Crippen LogP contribution in [0.4, 0.5) is 0 Å². The van der Waals surface area contributed by atoms with Crippen LogP contribution in [0.3, 0.4) is 0 Å². The maximum atomic E-state index is 6.23. The van der Waals surface area contributed by atoms with Gasteiger partial charge < -0.3 is 23.9 Å². The van der Waals surface area contributed by atoms with Crippen LogP contribution in [0.1, 0.15) is 23.2 Å². The van der Waals surface area contributed by atoms with Gasteiger partial charge in [-0.05, 0) is 31.2 Å². The van der Waals surface area contributed by atoms with Crippen LogP contribution < -0.4 is 10.1 Å². The molecule has 5 rings (SSSR count). The number of nitrogens with zero attached hydrogens (tertiary/aromatic N) is 4. The Bertz CT molecular complexity index is 1260. The van der Waals surface area contributed by atoms with Gasteiger partial charge in [0, 0.05) is 11.6 Å². The summed E-state index contributed by atoms with van der Waals surface area (Å²) >= 11 is 6.23. The molecule has 8 nitrogen and oxygen atoms in total. The van der Waals surface area contributed by atoms with Gasteiger partial charge in [0.1, 0.15) is 29.8 Å². The highest BCUT2D eigenvalue weighted by Gasteiger charge is 2.25. The molecular weight excluding hydrogens is 406 g/mol. The van der Waals surface area contributed by atoms with E-state index >= 15 is 0 Å². The molecule has 0 saturated heterocycles. The smallest absolute Gasteiger partial charge is 0.238 e. The highest BCUT2D eigenvalue weighted by atomic mass is 35.5. The predicted molar refractivity (Wildman–Crippen MR) is 112 cm³/mol. The van der Waals surface area contributed by atoms with E-state index in [1.54, 1.807) is 19.5 Å². The van der Waals surface area contributed by atoms with Gasteiger partial charge in [0.15, 0.2) is 11.4 Å². The lowest BCUT2D eigenvalue weighted by Crippen LogP contribution is -2.36. The van der Waals surface area contributed by atoms with Crippen LogP contribution in [-0.4, -0.2) is 34.1 Å². The second kappa shape index (κ2) is 7.38. The number of fused-ring (bicyclic) bond motifs is 1. The number of ether oxygens (including phenoxy) is 1. The minimum Gasteiger partial charge on any atom is -0.479 e. The van der Waals surface area contributed by atoms with Gasteiger partial charge in [0.05, 0.1) is 24.2 Å². The van der Waals surface area contributed by atoms with E-state index in [0.717, 1.165) is 16.8 Å². The first-order valence-corrected chi connectivity index (χ1v) is 9.71. The number of nitrogens with one attached hydrogen (secondary N) is 1. The number of oxime groups is 1. The number of amidine groups is 1. The van der Waals surface area contributed by atoms with Gasteiger partial charge >= 0.3 is 0 Å². The maximum absolute atomic E-state index is 6.23. The Balaban J connectivity index is 1.44. The van der Waals surface area contributed by atoms with Crippen LogP contribution in [0.15, 0.2) is 58.5 Å². The number of hydrogen-bond donors (Lipinski definition) is 1. The first-order valence-electron chi connectivity index (χ1n) is 9.33. The van der Waals surface area contributed by atoms with E-state index in [9.17, 15) is 0 Å². The molecule has 152 valence electrons. The quantitative estimate of drug-likeness (QED) is 0.533. The minimum atomic E-state index is -0.232. The van der Waals surface area contributed by atoms with Crippen LogP contribution in [0, 0.1) is 6.92 Å². The van der Waals surface area contributed by atoms with E-state index in [1.807, 2.05) is 48.0 Å². The number of rotatable bonds is 4. The number of pyridine rings is 1. The molecule has 1 atom stereocenters. The number of imidazole rings is 1. The normalized spacial score (nSPS) is 16.1. The summed E-state index contributed by atoms with van der Waals surface area (Å²) < 4.78 is 13.3. The molecule has 9 heteroatoms. The van der Waals surface area contributed by atoms with Crippen LogP contribution in [0.5, 0.6) is 5.88 Å². The SMILES string of the molecule is COc1nc(C2=NOCC(c3cc4cccc(Cl)c4o3)N2)ccc1-n1cnc(C)c1. The average Bonchev–Trinajstić information content (AvgIpc) is 3.40. The zero-order chi connectivity index (χ0) is 20.7. The Kier molecular flexibility index (Phi) is 4.55. The van der Waals surface area contributed by atoms with Crippen molar-refractivity contribution in [1.29, 1.82) is 0 Å². The first kappa shape index (κ1) is 18.5. The van der Waals surface area contributed by atoms with Crippen molar-refractivity contribution >= 4 is 28.4 Å². The molecule has 4 aromatic rings. The van der Waals surface area contributed by atoms with Gasteiger partial charge in [-0.25, -0.2) is 9.97 Å². The molecule has 1 unspecified atom stereocenters. The lowest BCUT2D eigenvalue weighted by atomic mass is 10.2. The summed E-state index contributed by atoms with van der Waals surface area (Å²) in [4.78, 5) is 14.3. The first-order chi connectivity index (χ1) is 14.6.